The van der Waals surface area contributed by atoms with E-state index in [9.17, 15) is 39.5 Å². The van der Waals surface area contributed by atoms with Gasteiger partial charge in [-0.25, -0.2) is 4.68 Å². The number of carbonyl (C=O) groups is 2. The van der Waals surface area contributed by atoms with Gasteiger partial charge in [0, 0.05) is 25.5 Å². The van der Waals surface area contributed by atoms with E-state index < -0.39 is 69.8 Å². The van der Waals surface area contributed by atoms with Crippen LogP contribution in [-0.2, 0) is 64.6 Å². The summed E-state index contributed by atoms with van der Waals surface area (Å²) in [6.45, 7) is 4.07. The molecule has 1 saturated heterocycles. The normalized spacial score (nSPS) is 19.2. The molecule has 20 nitrogen and oxygen atoms in total. The Hall–Kier alpha value is -2.17. The number of carbonyl (C=O) groups excluding carboxylic acids is 2. The predicted molar refractivity (Wildman–Crippen MR) is 272 cm³/mol. The quantitative estimate of drug-likeness (QED) is 0.0235. The number of quaternary nitrogens is 1. The van der Waals surface area contributed by atoms with Crippen LogP contribution in [0, 0.1) is 0 Å². The Morgan fingerprint density at radius 3 is 1.67 bits per heavy atom. The molecule has 0 spiro atoms. The number of hydrogen-bond acceptors (Lipinski definition) is 18. The standard InChI is InChI=1S/C51H96N3O16P.H3N/c1-3-5-7-9-11-13-15-17-19-21-23-25-27-29-46(56)66-41-44(69-47(57)30-28-26-24-22-20-18-16-14-12-10-8-6-4-2)42-68-71(61,62)67-33-31-43-39-54(53-52-43)32-34-63-35-36-64-37-38-65-51-50(60)49(59)48(58)45(40-55)70-51;/h39,44-45,48-51,55,58-60H,3-38,40-42H2,1-2H3,(H,61,62);1H3/t44-,45+,48+,49-,50+,51-;/m1./s1. The van der Waals surface area contributed by atoms with Crippen LogP contribution >= 0.6 is 7.82 Å². The molecule has 2 rings (SSSR count). The number of aliphatic hydroxyl groups excluding tert-OH is 4. The molecule has 72 heavy (non-hydrogen) atoms. The fraction of sp³-hybridized carbons (Fsp3) is 0.922. The van der Waals surface area contributed by atoms with Gasteiger partial charge in [0.25, 0.3) is 7.82 Å². The number of hydrogen-bond donors (Lipinski definition) is 5. The molecule has 1 aromatic rings. The van der Waals surface area contributed by atoms with Gasteiger partial charge in [0.15, 0.2) is 12.4 Å². The minimum Gasteiger partial charge on any atom is -0.756 e. The lowest BCUT2D eigenvalue weighted by atomic mass is 9.99. The summed E-state index contributed by atoms with van der Waals surface area (Å²) in [5.74, 6) is -0.937. The van der Waals surface area contributed by atoms with Gasteiger partial charge in [-0.05, 0) is 12.8 Å². The van der Waals surface area contributed by atoms with Crippen molar-refractivity contribution in [2.24, 2.45) is 0 Å². The first kappa shape index (κ1) is 67.8. The first-order valence-corrected chi connectivity index (χ1v) is 28.9. The van der Waals surface area contributed by atoms with Crippen LogP contribution in [0.4, 0.5) is 0 Å². The van der Waals surface area contributed by atoms with Gasteiger partial charge in [0.2, 0.25) is 0 Å². The van der Waals surface area contributed by atoms with Crippen LogP contribution in [0.25, 0.3) is 0 Å². The van der Waals surface area contributed by atoms with Gasteiger partial charge in [-0.15, -0.1) is 5.10 Å². The summed E-state index contributed by atoms with van der Waals surface area (Å²) in [6.07, 6.45) is 25.1. The van der Waals surface area contributed by atoms with Crippen molar-refractivity contribution >= 4 is 19.8 Å². The third kappa shape index (κ3) is 35.2. The average Bonchev–Trinajstić information content (AvgIpc) is 3.81. The summed E-state index contributed by atoms with van der Waals surface area (Å²) in [5, 5.41) is 47.1. The summed E-state index contributed by atoms with van der Waals surface area (Å²) in [5.41, 5.74) is 0.475. The van der Waals surface area contributed by atoms with E-state index in [-0.39, 0.29) is 71.7 Å². The minimum absolute atomic E-state index is 0. The smallest absolute Gasteiger partial charge is 0.306 e. The van der Waals surface area contributed by atoms with E-state index in [1.54, 1.807) is 6.20 Å². The molecule has 0 bridgehead atoms. The van der Waals surface area contributed by atoms with E-state index in [1.807, 2.05) is 0 Å². The molecule has 7 atom stereocenters. The monoisotopic (exact) mass is 1050 g/mol. The molecule has 1 aliphatic rings. The summed E-state index contributed by atoms with van der Waals surface area (Å²) < 4.78 is 57.2. The zero-order valence-electron chi connectivity index (χ0n) is 44.6. The van der Waals surface area contributed by atoms with Crippen LogP contribution < -0.4 is 11.0 Å². The molecule has 21 heteroatoms. The Labute approximate surface area is 431 Å². The molecular weight excluding hydrogens is 956 g/mol. The number of aliphatic hydroxyl groups is 4. The second-order valence-corrected chi connectivity index (χ2v) is 20.3. The van der Waals surface area contributed by atoms with Crippen molar-refractivity contribution in [2.75, 3.05) is 59.5 Å². The molecule has 8 N–H and O–H groups in total. The summed E-state index contributed by atoms with van der Waals surface area (Å²) in [4.78, 5) is 38.2. The van der Waals surface area contributed by atoms with E-state index >= 15 is 0 Å². The Balaban J connectivity index is 0.0000259. The highest BCUT2D eigenvalue weighted by atomic mass is 31.2. The molecule has 0 aliphatic carbocycles. The number of unbranched alkanes of at least 4 members (excludes halogenated alkanes) is 24. The maximum absolute atomic E-state index is 12.8. The summed E-state index contributed by atoms with van der Waals surface area (Å²) in [7, 11) is -4.84. The van der Waals surface area contributed by atoms with E-state index in [4.69, 9.17) is 37.5 Å². The number of phosphoric acid groups is 1. The molecule has 0 radical (unpaired) electrons. The molecule has 0 saturated carbocycles. The molecule has 0 aromatic carbocycles. The van der Waals surface area contributed by atoms with Gasteiger partial charge in [-0.2, -0.15) is 0 Å². The molecule has 2 heterocycles. The molecule has 1 aliphatic heterocycles. The molecular formula is C51H99N4O16P. The van der Waals surface area contributed by atoms with Crippen molar-refractivity contribution in [1.29, 1.82) is 0 Å². The zero-order valence-corrected chi connectivity index (χ0v) is 45.5. The average molecular weight is 1060 g/mol. The van der Waals surface area contributed by atoms with Crippen molar-refractivity contribution in [3.63, 3.8) is 0 Å². The number of aromatic nitrogens is 3. The van der Waals surface area contributed by atoms with Crippen molar-refractivity contribution < 1.29 is 76.9 Å². The maximum atomic E-state index is 12.8. The van der Waals surface area contributed by atoms with Crippen molar-refractivity contribution in [2.45, 2.75) is 243 Å². The lowest BCUT2D eigenvalue weighted by Crippen LogP contribution is -2.59. The van der Waals surface area contributed by atoms with Crippen LogP contribution in [0.5, 0.6) is 0 Å². The third-order valence-corrected chi connectivity index (χ3v) is 13.5. The number of rotatable bonds is 49. The molecule has 424 valence electrons. The first-order chi connectivity index (χ1) is 34.5. The Morgan fingerprint density at radius 2 is 1.14 bits per heavy atom. The number of esters is 2. The SMILES string of the molecule is CCCCCCCCCCCCCCCC(=O)OC[C@H](COP(=O)([O-])OCCc1cn(CCOCCOCCO[C@@H]2O[C@@H](CO)[C@H](O)[C@@H](O)[C@@H]2O)nn1)OC(=O)CCCCCCCCCCCCCCC.[NH4+]. The zero-order chi connectivity index (χ0) is 51.6. The molecule has 1 fully saturated rings. The van der Waals surface area contributed by atoms with Crippen LogP contribution in [0.3, 0.4) is 0 Å². The highest BCUT2D eigenvalue weighted by Crippen LogP contribution is 2.38. The van der Waals surface area contributed by atoms with E-state index in [0.29, 0.717) is 25.1 Å². The first-order valence-electron chi connectivity index (χ1n) is 27.4. The van der Waals surface area contributed by atoms with E-state index in [1.165, 1.54) is 120 Å². The maximum Gasteiger partial charge on any atom is 0.306 e. The Kier molecular flexibility index (Phi) is 42.5. The van der Waals surface area contributed by atoms with Gasteiger partial charge in [-0.3, -0.25) is 14.2 Å². The van der Waals surface area contributed by atoms with Gasteiger partial charge in [0.1, 0.15) is 31.0 Å². The van der Waals surface area contributed by atoms with Crippen molar-refractivity contribution in [3.05, 3.63) is 11.9 Å². The second kappa shape index (κ2) is 45.1. The van der Waals surface area contributed by atoms with Gasteiger partial charge < -0.3 is 68.9 Å². The lowest BCUT2D eigenvalue weighted by molar-refractivity contribution is -0.302. The molecule has 1 unspecified atom stereocenters. The van der Waals surface area contributed by atoms with Crippen LogP contribution in [0.1, 0.15) is 199 Å². The van der Waals surface area contributed by atoms with Crippen LogP contribution in [0.2, 0.25) is 0 Å². The predicted octanol–water partition coefficient (Wildman–Crippen LogP) is 7.97. The van der Waals surface area contributed by atoms with Gasteiger partial charge >= 0.3 is 11.9 Å². The van der Waals surface area contributed by atoms with Crippen molar-refractivity contribution in [1.82, 2.24) is 21.1 Å². The molecule has 1 aromatic heterocycles. The fourth-order valence-corrected chi connectivity index (χ4v) is 8.88. The highest BCUT2D eigenvalue weighted by molar-refractivity contribution is 7.45. The second-order valence-electron chi connectivity index (χ2n) is 18.9. The molecule has 0 amide bonds. The summed E-state index contributed by atoms with van der Waals surface area (Å²) in [6, 6.07) is 0. The van der Waals surface area contributed by atoms with Crippen LogP contribution in [0.15, 0.2) is 6.20 Å². The Morgan fingerprint density at radius 1 is 0.653 bits per heavy atom. The number of ether oxygens (including phenoxy) is 6. The van der Waals surface area contributed by atoms with Crippen LogP contribution in [-0.4, -0.2) is 144 Å². The third-order valence-electron chi connectivity index (χ3n) is 12.5. The van der Waals surface area contributed by atoms with Gasteiger partial charge in [-0.1, -0.05) is 173 Å². The number of nitrogens with zero attached hydrogens (tertiary/aromatic N) is 3. The van der Waals surface area contributed by atoms with Gasteiger partial charge in [0.05, 0.1) is 65.1 Å². The van der Waals surface area contributed by atoms with E-state index in [0.717, 1.165) is 38.5 Å². The lowest BCUT2D eigenvalue weighted by Gasteiger charge is -2.39. The highest BCUT2D eigenvalue weighted by Gasteiger charge is 2.44. The largest absolute Gasteiger partial charge is 0.756 e. The Bertz CT molecular complexity index is 1480. The van der Waals surface area contributed by atoms with E-state index in [2.05, 4.69) is 24.2 Å². The van der Waals surface area contributed by atoms with Crippen molar-refractivity contribution in [3.8, 4) is 0 Å². The minimum atomic E-state index is -4.84. The summed E-state index contributed by atoms with van der Waals surface area (Å²) >= 11 is 0. The fourth-order valence-electron chi connectivity index (χ4n) is 8.14. The number of phosphoric ester groups is 1. The topological polar surface area (TPSA) is 296 Å².